The molecule has 1 fully saturated rings. The first-order chi connectivity index (χ1) is 22.4. The zero-order chi connectivity index (χ0) is 33.8. The van der Waals surface area contributed by atoms with Crippen LogP contribution in [0, 0.1) is 5.92 Å². The van der Waals surface area contributed by atoms with Crippen LogP contribution in [0.25, 0.3) is 0 Å². The third-order valence-electron chi connectivity index (χ3n) is 8.65. The number of allylic oxidation sites excluding steroid dienone is 1. The van der Waals surface area contributed by atoms with Gasteiger partial charge < -0.3 is 29.7 Å². The van der Waals surface area contributed by atoms with Crippen molar-refractivity contribution in [3.8, 4) is 11.5 Å². The van der Waals surface area contributed by atoms with E-state index in [-0.39, 0.29) is 31.4 Å². The van der Waals surface area contributed by atoms with E-state index in [0.29, 0.717) is 35.8 Å². The van der Waals surface area contributed by atoms with Gasteiger partial charge in [0.1, 0.15) is 34.7 Å². The minimum absolute atomic E-state index is 0.131. The molecule has 11 heteroatoms. The van der Waals surface area contributed by atoms with E-state index in [1.54, 1.807) is 52.0 Å². The number of amides is 3. The van der Waals surface area contributed by atoms with Crippen LogP contribution in [-0.2, 0) is 36.8 Å². The average molecular weight is 666 g/mol. The van der Waals surface area contributed by atoms with Crippen LogP contribution in [0.1, 0.15) is 77.3 Å². The lowest BCUT2D eigenvalue weighted by molar-refractivity contribution is -0.151. The molecule has 0 bridgehead atoms. The van der Waals surface area contributed by atoms with E-state index in [4.69, 9.17) is 25.8 Å². The highest BCUT2D eigenvalue weighted by Crippen LogP contribution is 2.46. The minimum atomic E-state index is -1.19. The topological polar surface area (TPSA) is 123 Å². The van der Waals surface area contributed by atoms with Gasteiger partial charge in [0.15, 0.2) is 0 Å². The number of nitrogens with zero attached hydrogens (tertiary/aromatic N) is 1. The third kappa shape index (κ3) is 8.46. The zero-order valence-electron chi connectivity index (χ0n) is 27.5. The molecule has 3 aliphatic rings. The van der Waals surface area contributed by atoms with E-state index < -0.39 is 41.2 Å². The summed E-state index contributed by atoms with van der Waals surface area (Å²) in [7, 11) is 0. The molecule has 1 unspecified atom stereocenters. The molecule has 10 nitrogen and oxygen atoms in total. The molecule has 5 rings (SSSR count). The predicted molar refractivity (Wildman–Crippen MR) is 177 cm³/mol. The van der Waals surface area contributed by atoms with Crippen molar-refractivity contribution in [1.82, 2.24) is 15.5 Å². The van der Waals surface area contributed by atoms with E-state index in [1.165, 1.54) is 4.90 Å². The van der Waals surface area contributed by atoms with Crippen LogP contribution in [0.3, 0.4) is 0 Å². The largest absolute Gasteiger partial charge is 0.464 e. The minimum Gasteiger partial charge on any atom is -0.464 e. The Morgan fingerprint density at radius 3 is 2.60 bits per heavy atom. The standard InChI is InChI=1S/C36H44ClN3O7/c1-5-45-33(43)36-21-25(36)12-9-7-6-8-10-15-29(38-34(44)47-35(2,3)4)32(42)40-22-23-16-17-28(46-27-14-11-13-26(37)20-27)18-24(23)19-30(40)31(41)39-36/h9,11-14,16-18,20,25,29-30H,5-8,10,15,19,21-22H2,1-4H3,(H,38,44)(H,39,41)/b12-9-/t25-,29+,30?,36-/m1/s1. The summed E-state index contributed by atoms with van der Waals surface area (Å²) in [6, 6.07) is 10.8. The summed E-state index contributed by atoms with van der Waals surface area (Å²) < 4.78 is 17.0. The van der Waals surface area contributed by atoms with Crippen LogP contribution in [0.5, 0.6) is 11.5 Å². The monoisotopic (exact) mass is 665 g/mol. The number of hydrogen-bond acceptors (Lipinski definition) is 7. The molecule has 47 heavy (non-hydrogen) atoms. The first-order valence-electron chi connectivity index (χ1n) is 16.4. The Kier molecular flexibility index (Phi) is 10.5. The second kappa shape index (κ2) is 14.4. The molecule has 2 aliphatic heterocycles. The van der Waals surface area contributed by atoms with Crippen molar-refractivity contribution in [1.29, 1.82) is 0 Å². The quantitative estimate of drug-likeness (QED) is 0.286. The molecule has 0 saturated heterocycles. The molecule has 2 aromatic rings. The molecule has 1 saturated carbocycles. The zero-order valence-corrected chi connectivity index (χ0v) is 28.2. The van der Waals surface area contributed by atoms with Gasteiger partial charge in [0.25, 0.3) is 0 Å². The number of carbonyl (C=O) groups excluding carboxylic acids is 4. The number of alkyl carbamates (subject to hydrolysis) is 1. The second-order valence-corrected chi connectivity index (χ2v) is 13.9. The van der Waals surface area contributed by atoms with Crippen molar-refractivity contribution in [2.24, 2.45) is 5.92 Å². The Hall–Kier alpha value is -4.05. The number of ether oxygens (including phenoxy) is 3. The van der Waals surface area contributed by atoms with Gasteiger partial charge in [0.2, 0.25) is 11.8 Å². The van der Waals surface area contributed by atoms with Gasteiger partial charge in [-0.1, -0.05) is 48.7 Å². The van der Waals surface area contributed by atoms with E-state index in [1.807, 2.05) is 30.4 Å². The van der Waals surface area contributed by atoms with Crippen LogP contribution in [0.4, 0.5) is 4.79 Å². The average Bonchev–Trinajstić information content (AvgIpc) is 3.71. The van der Waals surface area contributed by atoms with Gasteiger partial charge in [0, 0.05) is 23.9 Å². The summed E-state index contributed by atoms with van der Waals surface area (Å²) in [4.78, 5) is 56.2. The van der Waals surface area contributed by atoms with Crippen molar-refractivity contribution in [2.75, 3.05) is 6.61 Å². The third-order valence-corrected chi connectivity index (χ3v) is 8.88. The fourth-order valence-electron chi connectivity index (χ4n) is 6.22. The summed E-state index contributed by atoms with van der Waals surface area (Å²) in [6.45, 7) is 7.32. The smallest absolute Gasteiger partial charge is 0.408 e. The lowest BCUT2D eigenvalue weighted by Gasteiger charge is -2.39. The van der Waals surface area contributed by atoms with Crippen molar-refractivity contribution in [3.63, 3.8) is 0 Å². The van der Waals surface area contributed by atoms with Gasteiger partial charge >= 0.3 is 12.1 Å². The van der Waals surface area contributed by atoms with Gasteiger partial charge in [-0.05, 0) is 94.8 Å². The molecule has 2 aromatic carbocycles. The summed E-state index contributed by atoms with van der Waals surface area (Å²) in [6.07, 6.45) is 7.55. The SMILES string of the molecule is CCOC(=O)[C@@]12C[C@H]1/C=C\CCCCC[C@H](NC(=O)OC(C)(C)C)C(=O)N1Cc3ccc(Oc4cccc(Cl)c4)cc3CC1C(=O)N2. The molecule has 0 radical (unpaired) electrons. The summed E-state index contributed by atoms with van der Waals surface area (Å²) >= 11 is 6.15. The molecule has 252 valence electrons. The van der Waals surface area contributed by atoms with E-state index in [9.17, 15) is 19.2 Å². The number of benzene rings is 2. The Morgan fingerprint density at radius 1 is 1.06 bits per heavy atom. The number of fused-ring (bicyclic) bond motifs is 3. The number of halogens is 1. The first kappa shape index (κ1) is 34.3. The number of carbonyl (C=O) groups is 4. The Balaban J connectivity index is 1.48. The maximum absolute atomic E-state index is 14.4. The molecule has 1 aliphatic carbocycles. The Morgan fingerprint density at radius 2 is 1.85 bits per heavy atom. The molecule has 2 N–H and O–H groups in total. The molecule has 2 heterocycles. The highest BCUT2D eigenvalue weighted by Gasteiger charge is 2.62. The first-order valence-corrected chi connectivity index (χ1v) is 16.8. The van der Waals surface area contributed by atoms with Crippen LogP contribution < -0.4 is 15.4 Å². The van der Waals surface area contributed by atoms with Gasteiger partial charge in [-0.3, -0.25) is 9.59 Å². The van der Waals surface area contributed by atoms with E-state index in [2.05, 4.69) is 10.6 Å². The van der Waals surface area contributed by atoms with E-state index in [0.717, 1.165) is 30.4 Å². The van der Waals surface area contributed by atoms with Crippen molar-refractivity contribution in [2.45, 2.75) is 102 Å². The lowest BCUT2D eigenvalue weighted by Crippen LogP contribution is -2.60. The second-order valence-electron chi connectivity index (χ2n) is 13.4. The molecule has 3 amide bonds. The van der Waals surface area contributed by atoms with Crippen LogP contribution in [-0.4, -0.2) is 58.6 Å². The predicted octanol–water partition coefficient (Wildman–Crippen LogP) is 6.24. The molecule has 4 atom stereocenters. The van der Waals surface area contributed by atoms with Gasteiger partial charge in [-0.25, -0.2) is 9.59 Å². The summed E-state index contributed by atoms with van der Waals surface area (Å²) in [5.74, 6) is -0.398. The molecule has 0 aromatic heterocycles. The maximum Gasteiger partial charge on any atom is 0.408 e. The van der Waals surface area contributed by atoms with Crippen molar-refractivity contribution < 1.29 is 33.4 Å². The van der Waals surface area contributed by atoms with Crippen LogP contribution in [0.2, 0.25) is 5.02 Å². The number of hydrogen-bond donors (Lipinski definition) is 2. The van der Waals surface area contributed by atoms with Gasteiger partial charge in [0.05, 0.1) is 6.61 Å². The highest BCUT2D eigenvalue weighted by molar-refractivity contribution is 6.30. The Labute approximate surface area is 281 Å². The molecular weight excluding hydrogens is 622 g/mol. The van der Waals surface area contributed by atoms with Crippen molar-refractivity contribution in [3.05, 3.63) is 70.8 Å². The molecular formula is C36H44ClN3O7. The summed E-state index contributed by atoms with van der Waals surface area (Å²) in [5, 5.41) is 6.33. The van der Waals surface area contributed by atoms with Crippen LogP contribution in [0.15, 0.2) is 54.6 Å². The fourth-order valence-corrected chi connectivity index (χ4v) is 6.40. The van der Waals surface area contributed by atoms with Crippen LogP contribution >= 0.6 is 11.6 Å². The van der Waals surface area contributed by atoms with Crippen molar-refractivity contribution >= 4 is 35.5 Å². The van der Waals surface area contributed by atoms with Gasteiger partial charge in [-0.2, -0.15) is 0 Å². The number of esters is 1. The van der Waals surface area contributed by atoms with Gasteiger partial charge in [-0.15, -0.1) is 0 Å². The molecule has 0 spiro atoms. The Bertz CT molecular complexity index is 1540. The van der Waals surface area contributed by atoms with E-state index >= 15 is 0 Å². The number of rotatable bonds is 5. The number of nitrogens with one attached hydrogen (secondary N) is 2. The highest BCUT2D eigenvalue weighted by atomic mass is 35.5. The fraction of sp³-hybridized carbons (Fsp3) is 0.500. The normalized spacial score (nSPS) is 25.4. The lowest BCUT2D eigenvalue weighted by atomic mass is 9.91. The summed E-state index contributed by atoms with van der Waals surface area (Å²) in [5.41, 5.74) is -0.258. The maximum atomic E-state index is 14.4.